The van der Waals surface area contributed by atoms with E-state index in [9.17, 15) is 14.4 Å². The maximum atomic E-state index is 11.6. The van der Waals surface area contributed by atoms with Crippen molar-refractivity contribution in [3.63, 3.8) is 0 Å². The number of nitrogens with one attached hydrogen (secondary N) is 6. The van der Waals surface area contributed by atoms with E-state index in [1.54, 1.807) is 7.11 Å². The Morgan fingerprint density at radius 1 is 0.480 bits per heavy atom. The summed E-state index contributed by atoms with van der Waals surface area (Å²) in [6.07, 6.45) is 31.4. The van der Waals surface area contributed by atoms with Gasteiger partial charge in [-0.2, -0.15) is 29.9 Å². The van der Waals surface area contributed by atoms with Crippen molar-refractivity contribution in [3.8, 4) is 0 Å². The zero-order valence-electron chi connectivity index (χ0n) is 86.1. The lowest BCUT2D eigenvalue weighted by atomic mass is 9.78. The maximum absolute atomic E-state index is 11.6. The standard InChI is InChI=1S/C35H66N8.C33H62N8O.C17H31NO4.C14H31NO2Si.H2/c1-26-36-30(38-27-18-14-13-15-19-27)39-31(37-26)43(29-24-34(6,7)41-35(8,9)25-29)21-17-12-11-16-20-42(10)28-22-32(2,3)40-33(4,5)23-28;1-25-34-28(40-17-19-42-20-18-40)36-29(35-25)41(27-23-32(6,7)38-33(8,9)24-27)16-14-12-11-13-15-39(10)26-21-30(2,3)37-31(4,5)22-26;1-13(19)7-8-15(20)22-10-9-18-16(2,3)11-14(21-6)12-17(18,4)5;1-13(2)10-12(11-14(3,4)15-13)17-8-7-9-18(5,6)16;/h27-29,40-41H,11-25H2,1-10H3,(H,36,37,38,39);26-27,37-38H,11-24H2,1-10H3;14H,7-12H2,1-6H3;12,15-16H,7-11H2,1-6H3;1H. The number of nitrogens with zero attached hydrogens (tertiary/aromatic N) is 12. The number of morpholine rings is 1. The minimum Gasteiger partial charge on any atom is -0.464 e. The van der Waals surface area contributed by atoms with Crippen molar-refractivity contribution in [2.24, 2.45) is 0 Å². The first-order valence-electron chi connectivity index (χ1n) is 49.4. The average Bonchev–Trinajstić information content (AvgIpc) is 0.779. The van der Waals surface area contributed by atoms with E-state index in [-0.39, 0.29) is 98.6 Å². The average molecular weight is 1770 g/mol. The Morgan fingerprint density at radius 2 is 0.864 bits per heavy atom. The lowest BCUT2D eigenvalue weighted by molar-refractivity contribution is -0.148. The highest BCUT2D eigenvalue weighted by atomic mass is 28.4. The minimum atomic E-state index is -1.89. The monoisotopic (exact) mass is 1770 g/mol. The van der Waals surface area contributed by atoms with Crippen LogP contribution < -0.4 is 46.6 Å². The Labute approximate surface area is 765 Å². The van der Waals surface area contributed by atoms with Crippen LogP contribution >= 0.6 is 0 Å². The first-order valence-corrected chi connectivity index (χ1v) is 52.5. The van der Waals surface area contributed by atoms with Gasteiger partial charge in [0.05, 0.1) is 31.8 Å². The summed E-state index contributed by atoms with van der Waals surface area (Å²) < 4.78 is 22.4. The van der Waals surface area contributed by atoms with E-state index in [0.717, 1.165) is 158 Å². The number of ether oxygens (including phenoxy) is 4. The molecule has 0 radical (unpaired) electrons. The Morgan fingerprint density at radius 3 is 1.26 bits per heavy atom. The van der Waals surface area contributed by atoms with E-state index in [0.29, 0.717) is 49.5 Å². The third-order valence-corrected chi connectivity index (χ3v) is 28.9. The number of hydrogen-bond acceptors (Lipinski definition) is 25. The topological polar surface area (TPSA) is 260 Å². The van der Waals surface area contributed by atoms with Crippen LogP contribution in [0.2, 0.25) is 19.1 Å². The van der Waals surface area contributed by atoms with E-state index in [1.807, 2.05) is 26.9 Å². The van der Waals surface area contributed by atoms with E-state index in [4.69, 9.17) is 48.9 Å². The molecular formula is C99H192N18O7Si. The molecule has 2 aromatic rings. The summed E-state index contributed by atoms with van der Waals surface area (Å²) in [5, 5.41) is 22.7. The van der Waals surface area contributed by atoms with Crippen LogP contribution in [0.1, 0.15) is 366 Å². The van der Waals surface area contributed by atoms with Gasteiger partial charge >= 0.3 is 5.97 Å². The Bertz CT molecular complexity index is 3500. The summed E-state index contributed by atoms with van der Waals surface area (Å²) in [5.74, 6) is 4.60. The maximum Gasteiger partial charge on any atom is 0.306 e. The van der Waals surface area contributed by atoms with Gasteiger partial charge in [-0.05, 0) is 355 Å². The number of anilines is 4. The molecule has 25 nitrogen and oxygen atoms in total. The van der Waals surface area contributed by atoms with Crippen LogP contribution in [0.25, 0.3) is 0 Å². The fraction of sp³-hybridized carbons (Fsp3) is 0.919. The number of Topliss-reactive ketones (excluding diaryl/α,β-unsaturated/α-hetero) is 1. The number of rotatable bonds is 35. The number of aromatic nitrogens is 6. The normalized spacial score (nSPS) is 23.8. The van der Waals surface area contributed by atoms with E-state index in [2.05, 4.69) is 242 Å². The highest BCUT2D eigenvalue weighted by Crippen LogP contribution is 2.42. The van der Waals surface area contributed by atoms with Crippen LogP contribution in [0.4, 0.5) is 23.8 Å². The molecule has 26 heteroatoms. The third-order valence-electron chi connectivity index (χ3n) is 27.3. The molecule has 10 rings (SSSR count). The van der Waals surface area contributed by atoms with Crippen molar-refractivity contribution in [1.82, 2.24) is 71.2 Å². The lowest BCUT2D eigenvalue weighted by Crippen LogP contribution is -2.62. The van der Waals surface area contributed by atoms with Crippen LogP contribution in [0.3, 0.4) is 0 Å². The quantitative estimate of drug-likeness (QED) is 0.0192. The number of unbranched alkanes of at least 4 members (excludes halogenated alkanes) is 6. The van der Waals surface area contributed by atoms with Gasteiger partial charge in [0.1, 0.15) is 24.0 Å². The molecule has 7 saturated heterocycles. The van der Waals surface area contributed by atoms with Crippen LogP contribution in [0.15, 0.2) is 0 Å². The third kappa shape index (κ3) is 38.3. The summed E-state index contributed by atoms with van der Waals surface area (Å²) in [6, 6.07) is 3.49. The zero-order valence-corrected chi connectivity index (χ0v) is 87.1. The summed E-state index contributed by atoms with van der Waals surface area (Å²) in [4.78, 5) is 76.7. The largest absolute Gasteiger partial charge is 0.464 e. The Kier molecular flexibility index (Phi) is 39.5. The minimum absolute atomic E-state index is 0. The van der Waals surface area contributed by atoms with Crippen LogP contribution in [-0.2, 0) is 28.5 Å². The number of aryl methyl sites for hydroxylation is 2. The number of esters is 1. The van der Waals surface area contributed by atoms with E-state index < -0.39 is 8.32 Å². The molecule has 9 heterocycles. The van der Waals surface area contributed by atoms with Gasteiger partial charge in [0, 0.05) is 151 Å². The lowest BCUT2D eigenvalue weighted by Gasteiger charge is -2.55. The van der Waals surface area contributed by atoms with Crippen molar-refractivity contribution < 1.29 is 34.8 Å². The zero-order chi connectivity index (χ0) is 93.2. The van der Waals surface area contributed by atoms with Gasteiger partial charge in [0.15, 0.2) is 8.32 Å². The van der Waals surface area contributed by atoms with Crippen molar-refractivity contribution in [1.29, 1.82) is 0 Å². The van der Waals surface area contributed by atoms with E-state index >= 15 is 0 Å². The molecule has 8 fully saturated rings. The number of likely N-dealkylation sites (tertiary alicyclic amines) is 1. The molecule has 0 aromatic carbocycles. The van der Waals surface area contributed by atoms with Crippen LogP contribution in [-0.4, -0.2) is 272 Å². The molecule has 7 N–H and O–H groups in total. The predicted octanol–water partition coefficient (Wildman–Crippen LogP) is 17.5. The SMILES string of the molecule is CC1(C)CC(OCCC[Si](C)(C)O)CC(C)(C)N1.COC1CC(C)(C)N(CCOC(=O)CCC(C)=O)C(C)(C)C1.Cc1nc(N2CCOCC2)nc(N(CCCCCCN(C)C2CC(C)(C)NC(C)(C)C2)C2CC(C)(C)NC(C)(C)C2)n1.Cc1nc(NC2CCCCC2)nc(N(CCCCCCN(C)C2CC(C)(C)NC(C)(C)C2)C2CC(C)(C)NC(C)(C)C2)n1.[HH]. The van der Waals surface area contributed by atoms with Gasteiger partial charge in [0.25, 0.3) is 0 Å². The number of piperidine rings is 6. The highest BCUT2D eigenvalue weighted by Gasteiger charge is 2.48. The van der Waals surface area contributed by atoms with Gasteiger partial charge in [-0.25, -0.2) is 0 Å². The second kappa shape index (κ2) is 45.7. The van der Waals surface area contributed by atoms with Crippen molar-refractivity contribution in [2.45, 2.75) is 495 Å². The second-order valence-corrected chi connectivity index (χ2v) is 52.4. The van der Waals surface area contributed by atoms with Gasteiger partial charge in [-0.3, -0.25) is 9.69 Å². The van der Waals surface area contributed by atoms with Gasteiger partial charge < -0.3 is 84.9 Å². The van der Waals surface area contributed by atoms with Crippen molar-refractivity contribution in [2.75, 3.05) is 113 Å². The predicted molar refractivity (Wildman–Crippen MR) is 524 cm³/mol. The first kappa shape index (κ1) is 108. The summed E-state index contributed by atoms with van der Waals surface area (Å²) in [7, 11) is 4.55. The van der Waals surface area contributed by atoms with Crippen molar-refractivity contribution >= 4 is 43.9 Å². The number of ketones is 1. The number of methoxy groups -OCH3 is 1. The summed E-state index contributed by atoms with van der Waals surface area (Å²) in [5.41, 5.74) is 1.31. The molecule has 0 bridgehead atoms. The van der Waals surface area contributed by atoms with Gasteiger partial charge in [0.2, 0.25) is 23.8 Å². The van der Waals surface area contributed by atoms with E-state index in [1.165, 1.54) is 116 Å². The smallest absolute Gasteiger partial charge is 0.306 e. The van der Waals surface area contributed by atoms with Crippen molar-refractivity contribution in [3.05, 3.63) is 11.6 Å². The first-order chi connectivity index (χ1) is 57.6. The molecule has 0 amide bonds. The molecule has 724 valence electrons. The Balaban J connectivity index is 0.000000275. The molecule has 1 aliphatic carbocycles. The molecule has 2 aromatic heterocycles. The molecule has 7 aliphatic heterocycles. The molecule has 0 unspecified atom stereocenters. The number of carbonyl (C=O) groups is 2. The highest BCUT2D eigenvalue weighted by molar-refractivity contribution is 6.69. The molecule has 1 saturated carbocycles. The number of hydrogen-bond donors (Lipinski definition) is 7. The second-order valence-electron chi connectivity index (χ2n) is 48.2. The molecule has 0 atom stereocenters. The summed E-state index contributed by atoms with van der Waals surface area (Å²) in [6.45, 7) is 74.1. The molecule has 8 aliphatic rings. The fourth-order valence-corrected chi connectivity index (χ4v) is 24.7. The van der Waals surface area contributed by atoms with Gasteiger partial charge in [-0.1, -0.05) is 44.9 Å². The molecule has 125 heavy (non-hydrogen) atoms. The summed E-state index contributed by atoms with van der Waals surface area (Å²) >= 11 is 0. The van der Waals surface area contributed by atoms with Crippen LogP contribution in [0.5, 0.6) is 0 Å². The fourth-order valence-electron chi connectivity index (χ4n) is 23.7. The Hall–Kier alpha value is -3.90. The molecular weight excluding hydrogens is 1580 g/mol. The number of carbonyl (C=O) groups excluding carboxylic acids is 2. The van der Waals surface area contributed by atoms with Crippen LogP contribution in [0, 0.1) is 13.8 Å². The van der Waals surface area contributed by atoms with Gasteiger partial charge in [-0.15, -0.1) is 0 Å². The molecule has 0 spiro atoms.